The van der Waals surface area contributed by atoms with Gasteiger partial charge in [0.25, 0.3) is 0 Å². The summed E-state index contributed by atoms with van der Waals surface area (Å²) in [6, 6.07) is 0. The first-order valence-corrected chi connectivity index (χ1v) is 4.49. The molecular weight excluding hydrogens is 198 g/mol. The zero-order valence-corrected chi connectivity index (χ0v) is 8.65. The number of aromatic nitrogens is 2. The van der Waals surface area contributed by atoms with E-state index in [4.69, 9.17) is 9.63 Å². The molecule has 1 rings (SSSR count). The molecule has 0 bridgehead atoms. The summed E-state index contributed by atoms with van der Waals surface area (Å²) >= 11 is 0. The van der Waals surface area contributed by atoms with Crippen LogP contribution >= 0.6 is 0 Å². The number of aryl methyl sites for hydroxylation is 1. The van der Waals surface area contributed by atoms with E-state index in [2.05, 4.69) is 15.5 Å². The second-order valence-corrected chi connectivity index (χ2v) is 3.06. The van der Waals surface area contributed by atoms with Crippen molar-refractivity contribution in [2.45, 2.75) is 20.4 Å². The van der Waals surface area contributed by atoms with Crippen LogP contribution in [-0.2, 0) is 11.3 Å². The van der Waals surface area contributed by atoms with Crippen molar-refractivity contribution < 1.29 is 14.4 Å². The molecule has 2 N–H and O–H groups in total. The molecule has 0 aliphatic carbocycles. The maximum Gasteiger partial charge on any atom is 0.330 e. The van der Waals surface area contributed by atoms with Crippen LogP contribution in [0.5, 0.6) is 0 Å². The van der Waals surface area contributed by atoms with Gasteiger partial charge in [0.2, 0.25) is 5.89 Å². The topological polar surface area (TPSA) is 88.3 Å². The highest BCUT2D eigenvalue weighted by Crippen LogP contribution is 1.95. The number of nitrogens with zero attached hydrogens (tertiary/aromatic N) is 2. The summed E-state index contributed by atoms with van der Waals surface area (Å²) in [6.45, 7) is 4.17. The van der Waals surface area contributed by atoms with Crippen LogP contribution in [0.15, 0.2) is 16.2 Å². The summed E-state index contributed by atoms with van der Waals surface area (Å²) in [5.74, 6) is 0.170. The predicted octanol–water partition coefficient (Wildman–Crippen LogP) is 0.499. The Labute approximate surface area is 87.0 Å². The maximum absolute atomic E-state index is 10.4. The van der Waals surface area contributed by atoms with E-state index >= 15 is 0 Å². The lowest BCUT2D eigenvalue weighted by Crippen LogP contribution is -2.14. The Morgan fingerprint density at radius 3 is 2.93 bits per heavy atom. The average Bonchev–Trinajstić information content (AvgIpc) is 2.58. The highest BCUT2D eigenvalue weighted by Gasteiger charge is 2.01. The normalized spacial score (nSPS) is 11.7. The molecule has 0 atom stereocenters. The fourth-order valence-corrected chi connectivity index (χ4v) is 0.904. The van der Waals surface area contributed by atoms with Gasteiger partial charge in [-0.05, 0) is 13.8 Å². The van der Waals surface area contributed by atoms with Gasteiger partial charge in [0, 0.05) is 12.1 Å². The minimum Gasteiger partial charge on any atom is -0.478 e. The molecule has 0 saturated heterocycles. The highest BCUT2D eigenvalue weighted by atomic mass is 16.5. The van der Waals surface area contributed by atoms with Crippen LogP contribution in [0.4, 0.5) is 0 Å². The van der Waals surface area contributed by atoms with Gasteiger partial charge >= 0.3 is 5.97 Å². The Morgan fingerprint density at radius 2 is 2.40 bits per heavy atom. The van der Waals surface area contributed by atoms with Crippen LogP contribution in [0.3, 0.4) is 0 Å². The number of hydrogen-bond donors (Lipinski definition) is 2. The van der Waals surface area contributed by atoms with Crippen LogP contribution in [0.2, 0.25) is 0 Å². The maximum atomic E-state index is 10.4. The molecule has 15 heavy (non-hydrogen) atoms. The third kappa shape index (κ3) is 3.90. The SMILES string of the molecule is CC(=CCNCc1nc(C)no1)C(=O)O. The number of carbonyl (C=O) groups is 1. The number of rotatable bonds is 5. The molecule has 82 valence electrons. The van der Waals surface area contributed by atoms with E-state index in [9.17, 15) is 4.79 Å². The minimum absolute atomic E-state index is 0.309. The largest absolute Gasteiger partial charge is 0.478 e. The fraction of sp³-hybridized carbons (Fsp3) is 0.444. The summed E-state index contributed by atoms with van der Waals surface area (Å²) in [5.41, 5.74) is 0.309. The Kier molecular flexibility index (Phi) is 3.99. The Bertz CT molecular complexity index is 370. The van der Waals surface area contributed by atoms with Crippen molar-refractivity contribution in [2.75, 3.05) is 6.54 Å². The van der Waals surface area contributed by atoms with Crippen molar-refractivity contribution in [1.29, 1.82) is 0 Å². The van der Waals surface area contributed by atoms with Crippen molar-refractivity contribution in [3.8, 4) is 0 Å². The Balaban J connectivity index is 2.28. The lowest BCUT2D eigenvalue weighted by molar-refractivity contribution is -0.132. The first-order chi connectivity index (χ1) is 7.09. The molecule has 1 aromatic rings. The highest BCUT2D eigenvalue weighted by molar-refractivity contribution is 5.85. The predicted molar refractivity (Wildman–Crippen MR) is 52.1 cm³/mol. The summed E-state index contributed by atoms with van der Waals surface area (Å²) in [5, 5.41) is 15.2. The summed E-state index contributed by atoms with van der Waals surface area (Å²) < 4.78 is 4.86. The number of aliphatic carboxylic acids is 1. The van der Waals surface area contributed by atoms with Gasteiger partial charge < -0.3 is 14.9 Å². The van der Waals surface area contributed by atoms with E-state index in [1.165, 1.54) is 0 Å². The van der Waals surface area contributed by atoms with E-state index < -0.39 is 5.97 Å². The lowest BCUT2D eigenvalue weighted by atomic mass is 10.3. The average molecular weight is 211 g/mol. The number of carboxylic acids is 1. The van der Waals surface area contributed by atoms with Crippen LogP contribution in [0.1, 0.15) is 18.6 Å². The van der Waals surface area contributed by atoms with E-state index in [0.717, 1.165) is 0 Å². The quantitative estimate of drug-likeness (QED) is 0.544. The molecular formula is C9H13N3O3. The van der Waals surface area contributed by atoms with E-state index in [1.54, 1.807) is 19.9 Å². The third-order valence-electron chi connectivity index (χ3n) is 1.74. The zero-order chi connectivity index (χ0) is 11.3. The van der Waals surface area contributed by atoms with Crippen LogP contribution in [0.25, 0.3) is 0 Å². The summed E-state index contributed by atoms with van der Waals surface area (Å²) in [7, 11) is 0. The standard InChI is InChI=1S/C9H13N3O3/c1-6(9(13)14)3-4-10-5-8-11-7(2)12-15-8/h3,10H,4-5H2,1-2H3,(H,13,14). The second kappa shape index (κ2) is 5.26. The first kappa shape index (κ1) is 11.4. The van der Waals surface area contributed by atoms with Gasteiger partial charge in [0.1, 0.15) is 0 Å². The van der Waals surface area contributed by atoms with Crippen molar-refractivity contribution in [1.82, 2.24) is 15.5 Å². The number of carboxylic acid groups (broad SMARTS) is 1. The van der Waals surface area contributed by atoms with Crippen LogP contribution < -0.4 is 5.32 Å². The molecule has 0 aliphatic rings. The van der Waals surface area contributed by atoms with Gasteiger partial charge in [-0.3, -0.25) is 0 Å². The number of hydrogen-bond acceptors (Lipinski definition) is 5. The van der Waals surface area contributed by atoms with Gasteiger partial charge in [-0.2, -0.15) is 4.98 Å². The molecule has 1 aromatic heterocycles. The molecule has 0 fully saturated rings. The molecule has 6 nitrogen and oxygen atoms in total. The van der Waals surface area contributed by atoms with Crippen molar-refractivity contribution in [2.24, 2.45) is 0 Å². The van der Waals surface area contributed by atoms with E-state index in [1.807, 2.05) is 0 Å². The fourth-order valence-electron chi connectivity index (χ4n) is 0.904. The Morgan fingerprint density at radius 1 is 1.67 bits per heavy atom. The monoisotopic (exact) mass is 211 g/mol. The van der Waals surface area contributed by atoms with Crippen molar-refractivity contribution >= 4 is 5.97 Å². The molecule has 6 heteroatoms. The molecule has 0 amide bonds. The Hall–Kier alpha value is -1.69. The summed E-state index contributed by atoms with van der Waals surface area (Å²) in [4.78, 5) is 14.4. The van der Waals surface area contributed by atoms with Gasteiger partial charge in [-0.25, -0.2) is 4.79 Å². The summed E-state index contributed by atoms with van der Waals surface area (Å²) in [6.07, 6.45) is 1.59. The van der Waals surface area contributed by atoms with E-state index in [-0.39, 0.29) is 0 Å². The molecule has 0 aromatic carbocycles. The lowest BCUT2D eigenvalue weighted by Gasteiger charge is -1.96. The van der Waals surface area contributed by atoms with Gasteiger partial charge in [0.05, 0.1) is 6.54 Å². The van der Waals surface area contributed by atoms with Crippen LogP contribution in [-0.4, -0.2) is 27.8 Å². The minimum atomic E-state index is -0.912. The van der Waals surface area contributed by atoms with Crippen LogP contribution in [0, 0.1) is 6.92 Å². The molecule has 0 saturated carbocycles. The molecule has 0 unspecified atom stereocenters. The van der Waals surface area contributed by atoms with Gasteiger partial charge in [-0.1, -0.05) is 11.2 Å². The molecule has 0 aliphatic heterocycles. The third-order valence-corrected chi connectivity index (χ3v) is 1.74. The zero-order valence-electron chi connectivity index (χ0n) is 8.65. The molecule has 1 heterocycles. The smallest absolute Gasteiger partial charge is 0.330 e. The van der Waals surface area contributed by atoms with Crippen molar-refractivity contribution in [3.63, 3.8) is 0 Å². The van der Waals surface area contributed by atoms with Gasteiger partial charge in [-0.15, -0.1) is 0 Å². The van der Waals surface area contributed by atoms with Gasteiger partial charge in [0.15, 0.2) is 5.82 Å². The molecule has 0 radical (unpaired) electrons. The molecule has 0 spiro atoms. The second-order valence-electron chi connectivity index (χ2n) is 3.06. The van der Waals surface area contributed by atoms with E-state index in [0.29, 0.717) is 30.4 Å². The number of nitrogens with one attached hydrogen (secondary N) is 1. The van der Waals surface area contributed by atoms with Crippen molar-refractivity contribution in [3.05, 3.63) is 23.4 Å². The first-order valence-electron chi connectivity index (χ1n) is 4.49.